The molecule has 1 heterocycles. The van der Waals surface area contributed by atoms with E-state index in [0.717, 1.165) is 34.2 Å². The molecule has 0 N–H and O–H groups in total. The fraction of sp³-hybridized carbons (Fsp3) is 0.318. The highest BCUT2D eigenvalue weighted by atomic mass is 31.2. The van der Waals surface area contributed by atoms with Gasteiger partial charge in [-0.05, 0) is 106 Å². The SMILES string of the molecule is CCCO[P+]1=NP(OCCC)(OC(CC(Oc2ccccc2C)(Oc2ccccc2C)Oc2ccccc2C)(Oc2ccccc2C)Oc2ccccc2C)=NP=NP=N1. The molecule has 5 aromatic carbocycles. The summed E-state index contributed by atoms with van der Waals surface area (Å²) in [5.41, 5.74) is 4.08. The third kappa shape index (κ3) is 12.1. The van der Waals surface area contributed by atoms with E-state index >= 15 is 0 Å². The molecule has 12 nitrogen and oxygen atoms in total. The summed E-state index contributed by atoms with van der Waals surface area (Å²) in [4.78, 5) is 0. The zero-order valence-electron chi connectivity index (χ0n) is 34.9. The number of rotatable bonds is 20. The molecule has 60 heavy (non-hydrogen) atoms. The van der Waals surface area contributed by atoms with Gasteiger partial charge in [0.25, 0.3) is 0 Å². The van der Waals surface area contributed by atoms with Crippen molar-refractivity contribution in [2.75, 3.05) is 13.2 Å². The van der Waals surface area contributed by atoms with Gasteiger partial charge in [-0.2, -0.15) is 9.03 Å². The van der Waals surface area contributed by atoms with Gasteiger partial charge < -0.3 is 28.2 Å². The quantitative estimate of drug-likeness (QED) is 0.0559. The van der Waals surface area contributed by atoms with E-state index in [-0.39, 0.29) is 6.61 Å². The zero-order valence-corrected chi connectivity index (χ0v) is 38.5. The predicted molar refractivity (Wildman–Crippen MR) is 240 cm³/mol. The van der Waals surface area contributed by atoms with Crippen molar-refractivity contribution < 1.29 is 37.3 Å². The maximum atomic E-state index is 7.37. The number of para-hydroxylation sites is 5. The van der Waals surface area contributed by atoms with Gasteiger partial charge in [-0.15, -0.1) is 4.52 Å². The van der Waals surface area contributed by atoms with Crippen LogP contribution in [0, 0.1) is 34.6 Å². The maximum Gasteiger partial charge on any atom is 0.547 e. The van der Waals surface area contributed by atoms with Crippen LogP contribution < -0.4 is 23.7 Å². The number of hydrogen-bond donors (Lipinski definition) is 0. The van der Waals surface area contributed by atoms with Crippen LogP contribution in [-0.4, -0.2) is 25.2 Å². The fourth-order valence-corrected chi connectivity index (χ4v) is 11.7. The van der Waals surface area contributed by atoms with Gasteiger partial charge in [0.2, 0.25) is 8.52 Å². The molecule has 314 valence electrons. The minimum atomic E-state index is -3.83. The molecule has 0 fully saturated rings. The topological polar surface area (TPSA) is 123 Å². The summed E-state index contributed by atoms with van der Waals surface area (Å²) in [6.07, 6.45) is 0.960. The third-order valence-electron chi connectivity index (χ3n) is 8.90. The lowest BCUT2D eigenvalue weighted by Crippen LogP contribution is -2.59. The molecule has 2 unspecified atom stereocenters. The molecule has 0 saturated carbocycles. The van der Waals surface area contributed by atoms with Crippen LogP contribution in [0.3, 0.4) is 0 Å². The van der Waals surface area contributed by atoms with Gasteiger partial charge in [-0.1, -0.05) is 105 Å². The summed E-state index contributed by atoms with van der Waals surface area (Å²) >= 11 is 0. The van der Waals surface area contributed by atoms with Crippen molar-refractivity contribution in [1.29, 1.82) is 0 Å². The van der Waals surface area contributed by atoms with Gasteiger partial charge in [0.15, 0.2) is 14.9 Å². The van der Waals surface area contributed by atoms with E-state index in [0.29, 0.717) is 58.8 Å². The summed E-state index contributed by atoms with van der Waals surface area (Å²) in [5, 5.41) is 0. The summed E-state index contributed by atoms with van der Waals surface area (Å²) in [5.74, 6) is -1.99. The standard InChI is InChI=1S/C44H51N4O8P4/c1-8-30-49-59-46-57-45-58-47-60(48-59,50-31-9-2)56-44(54-41-28-18-13-23-36(41)6,55-42-29-19-14-24-37(42)7)32-43(51-38-25-15-10-20-33(38)3,52-39-26-16-11-21-34(39)4)53-40-27-17-12-22-35(40)5/h10-29H,8-9,30-32H2,1-7H3/q+1. The van der Waals surface area contributed by atoms with Gasteiger partial charge in [-0.3, -0.25) is 0 Å². The van der Waals surface area contributed by atoms with Gasteiger partial charge >= 0.3 is 27.7 Å². The van der Waals surface area contributed by atoms with E-state index in [1.807, 2.05) is 170 Å². The first-order valence-electron chi connectivity index (χ1n) is 19.7. The maximum absolute atomic E-state index is 7.37. The Morgan fingerprint density at radius 2 is 0.900 bits per heavy atom. The van der Waals surface area contributed by atoms with Crippen molar-refractivity contribution in [2.24, 2.45) is 18.1 Å². The Labute approximate surface area is 357 Å². The van der Waals surface area contributed by atoms with Crippen LogP contribution in [-0.2, 0) is 13.6 Å². The van der Waals surface area contributed by atoms with E-state index in [9.17, 15) is 0 Å². The minimum Gasteiger partial charge on any atom is -0.429 e. The predicted octanol–water partition coefficient (Wildman–Crippen LogP) is 15.0. The Hall–Kier alpha value is -4.49. The minimum absolute atomic E-state index is 0.236. The summed E-state index contributed by atoms with van der Waals surface area (Å²) < 4.78 is 75.2. The third-order valence-corrected chi connectivity index (χ3v) is 14.7. The lowest BCUT2D eigenvalue weighted by molar-refractivity contribution is -0.343. The first kappa shape index (κ1) is 45.0. The van der Waals surface area contributed by atoms with Crippen LogP contribution in [0.1, 0.15) is 60.9 Å². The van der Waals surface area contributed by atoms with Crippen LogP contribution in [0.25, 0.3) is 0 Å². The molecular weight excluding hydrogens is 836 g/mol. The summed E-state index contributed by atoms with van der Waals surface area (Å²) in [6.45, 7) is 14.4. The highest BCUT2D eigenvalue weighted by molar-refractivity contribution is 7.66. The molecule has 5 aromatic rings. The molecule has 1 aliphatic rings. The lowest BCUT2D eigenvalue weighted by Gasteiger charge is -2.42. The second-order valence-electron chi connectivity index (χ2n) is 13.9. The number of nitrogens with zero attached hydrogens (tertiary/aromatic N) is 4. The number of benzene rings is 5. The largest absolute Gasteiger partial charge is 0.547 e. The molecule has 16 heteroatoms. The first-order chi connectivity index (χ1) is 29.1. The van der Waals surface area contributed by atoms with Gasteiger partial charge in [0.1, 0.15) is 35.4 Å². The lowest BCUT2D eigenvalue weighted by atomic mass is 10.2. The van der Waals surface area contributed by atoms with Crippen LogP contribution in [0.15, 0.2) is 139 Å². The average Bonchev–Trinajstić information content (AvgIpc) is 3.22. The van der Waals surface area contributed by atoms with Crippen molar-refractivity contribution in [2.45, 2.75) is 79.7 Å². The van der Waals surface area contributed by atoms with E-state index in [2.05, 4.69) is 9.03 Å². The van der Waals surface area contributed by atoms with Gasteiger partial charge in [0, 0.05) is 9.03 Å². The molecule has 0 bridgehead atoms. The number of hydrogen-bond acceptors (Lipinski definition) is 12. The highest BCUT2D eigenvalue weighted by Crippen LogP contribution is 2.65. The van der Waals surface area contributed by atoms with Crippen molar-refractivity contribution in [3.63, 3.8) is 0 Å². The normalized spacial score (nSPS) is 16.4. The zero-order chi connectivity index (χ0) is 42.4. The van der Waals surface area contributed by atoms with Crippen molar-refractivity contribution in [3.8, 4) is 28.7 Å². The van der Waals surface area contributed by atoms with Crippen molar-refractivity contribution >= 4 is 32.8 Å². The Morgan fingerprint density at radius 3 is 1.28 bits per heavy atom. The van der Waals surface area contributed by atoms with E-state index in [4.69, 9.17) is 46.3 Å². The Morgan fingerprint density at radius 1 is 0.517 bits per heavy atom. The molecule has 0 aliphatic carbocycles. The average molecular weight is 888 g/mol. The molecule has 6 rings (SSSR count). The Kier molecular flexibility index (Phi) is 16.0. The molecule has 0 aromatic heterocycles. The van der Waals surface area contributed by atoms with Crippen molar-refractivity contribution in [3.05, 3.63) is 149 Å². The second kappa shape index (κ2) is 21.3. The molecule has 0 radical (unpaired) electrons. The van der Waals surface area contributed by atoms with Gasteiger partial charge in [0.05, 0.1) is 6.61 Å². The second-order valence-corrected chi connectivity index (χ2v) is 19.3. The highest BCUT2D eigenvalue weighted by Gasteiger charge is 2.58. The molecule has 0 saturated heterocycles. The molecule has 2 atom stereocenters. The monoisotopic (exact) mass is 887 g/mol. The van der Waals surface area contributed by atoms with Crippen LogP contribution in [0.5, 0.6) is 28.7 Å². The van der Waals surface area contributed by atoms with Crippen LogP contribution >= 0.6 is 32.8 Å². The molecule has 0 spiro atoms. The van der Waals surface area contributed by atoms with E-state index in [1.54, 1.807) is 0 Å². The van der Waals surface area contributed by atoms with Crippen LogP contribution in [0.2, 0.25) is 0 Å². The van der Waals surface area contributed by atoms with Crippen LogP contribution in [0.4, 0.5) is 0 Å². The summed E-state index contributed by atoms with van der Waals surface area (Å²) in [6, 6.07) is 38.1. The molecular formula is C44H51N4O8P4+. The Balaban J connectivity index is 1.69. The Bertz CT molecular complexity index is 2210. The number of ether oxygens (including phenoxy) is 5. The first-order valence-corrected chi connectivity index (χ1v) is 24.0. The smallest absolute Gasteiger partial charge is 0.429 e. The van der Waals surface area contributed by atoms with Crippen molar-refractivity contribution in [1.82, 2.24) is 0 Å². The van der Waals surface area contributed by atoms with E-state index < -0.39 is 34.1 Å². The van der Waals surface area contributed by atoms with Gasteiger partial charge in [-0.25, -0.2) is 4.52 Å². The molecule has 1 aliphatic heterocycles. The molecule has 0 amide bonds. The fourth-order valence-electron chi connectivity index (χ4n) is 5.79. The number of aryl methyl sites for hydroxylation is 5. The van der Waals surface area contributed by atoms with E-state index in [1.165, 1.54) is 0 Å². The summed E-state index contributed by atoms with van der Waals surface area (Å²) in [7, 11) is -4.94.